The van der Waals surface area contributed by atoms with Gasteiger partial charge in [0.1, 0.15) is 0 Å². The van der Waals surface area contributed by atoms with E-state index >= 15 is 0 Å². The fourth-order valence-electron chi connectivity index (χ4n) is 1.00. The van der Waals surface area contributed by atoms with Gasteiger partial charge in [0.05, 0.1) is 31.0 Å². The fourth-order valence-corrected chi connectivity index (χ4v) is 1.00. The van der Waals surface area contributed by atoms with Crippen LogP contribution in [0.1, 0.15) is 27.2 Å². The van der Waals surface area contributed by atoms with Gasteiger partial charge in [0, 0.05) is 0 Å². The van der Waals surface area contributed by atoms with Crippen LogP contribution in [0.15, 0.2) is 12.4 Å². The van der Waals surface area contributed by atoms with Crippen molar-refractivity contribution in [3.05, 3.63) is 12.4 Å². The molecule has 5 heteroatoms. The second-order valence-electron chi connectivity index (χ2n) is 4.28. The number of aliphatic carboxylic acids is 1. The molecular formula is C10H16N2O3. The minimum atomic E-state index is -0.863. The lowest BCUT2D eigenvalue weighted by atomic mass is 10.1. The van der Waals surface area contributed by atoms with Crippen molar-refractivity contribution in [2.45, 2.75) is 32.7 Å². The first-order chi connectivity index (χ1) is 6.89. The van der Waals surface area contributed by atoms with Gasteiger partial charge >= 0.3 is 5.97 Å². The molecule has 0 fully saturated rings. The summed E-state index contributed by atoms with van der Waals surface area (Å²) in [5, 5.41) is 12.6. The van der Waals surface area contributed by atoms with Crippen molar-refractivity contribution >= 4 is 5.97 Å². The SMILES string of the molecule is CC(C)(C)n1cc(OCCC(=O)O)cn1. The van der Waals surface area contributed by atoms with Crippen LogP contribution in [0.4, 0.5) is 0 Å². The second-order valence-corrected chi connectivity index (χ2v) is 4.28. The molecule has 0 amide bonds. The first-order valence-electron chi connectivity index (χ1n) is 4.79. The molecule has 0 saturated heterocycles. The summed E-state index contributed by atoms with van der Waals surface area (Å²) < 4.78 is 7.01. The molecule has 0 aromatic carbocycles. The van der Waals surface area contributed by atoms with Gasteiger partial charge in [-0.1, -0.05) is 0 Å². The van der Waals surface area contributed by atoms with Crippen molar-refractivity contribution in [1.29, 1.82) is 0 Å². The smallest absolute Gasteiger partial charge is 0.306 e. The van der Waals surface area contributed by atoms with Gasteiger partial charge in [-0.25, -0.2) is 0 Å². The molecule has 1 aromatic rings. The standard InChI is InChI=1S/C10H16N2O3/c1-10(2,3)12-7-8(6-11-12)15-5-4-9(13)14/h6-7H,4-5H2,1-3H3,(H,13,14). The second kappa shape index (κ2) is 4.33. The maximum absolute atomic E-state index is 10.3. The van der Waals surface area contributed by atoms with E-state index in [-0.39, 0.29) is 18.6 Å². The first-order valence-corrected chi connectivity index (χ1v) is 4.79. The van der Waals surface area contributed by atoms with E-state index in [0.29, 0.717) is 5.75 Å². The number of aromatic nitrogens is 2. The average molecular weight is 212 g/mol. The lowest BCUT2D eigenvalue weighted by Gasteiger charge is -2.18. The zero-order valence-electron chi connectivity index (χ0n) is 9.23. The first kappa shape index (κ1) is 11.6. The van der Waals surface area contributed by atoms with Gasteiger partial charge < -0.3 is 9.84 Å². The lowest BCUT2D eigenvalue weighted by molar-refractivity contribution is -0.137. The Morgan fingerprint density at radius 2 is 2.27 bits per heavy atom. The summed E-state index contributed by atoms with van der Waals surface area (Å²) in [6.45, 7) is 6.26. The van der Waals surface area contributed by atoms with Crippen LogP contribution >= 0.6 is 0 Å². The Hall–Kier alpha value is -1.52. The van der Waals surface area contributed by atoms with Crippen molar-refractivity contribution in [1.82, 2.24) is 9.78 Å². The van der Waals surface area contributed by atoms with Gasteiger partial charge in [0.15, 0.2) is 5.75 Å². The monoisotopic (exact) mass is 212 g/mol. The molecule has 1 N–H and O–H groups in total. The molecular weight excluding hydrogens is 196 g/mol. The Labute approximate surface area is 88.7 Å². The van der Waals surface area contributed by atoms with E-state index in [4.69, 9.17) is 9.84 Å². The molecule has 0 aliphatic carbocycles. The Balaban J connectivity index is 2.50. The summed E-state index contributed by atoms with van der Waals surface area (Å²) in [6.07, 6.45) is 3.36. The summed E-state index contributed by atoms with van der Waals surface area (Å²) >= 11 is 0. The number of ether oxygens (including phenoxy) is 1. The van der Waals surface area contributed by atoms with Crippen molar-refractivity contribution in [2.24, 2.45) is 0 Å². The van der Waals surface area contributed by atoms with E-state index in [9.17, 15) is 4.79 Å². The third kappa shape index (κ3) is 3.61. The maximum Gasteiger partial charge on any atom is 0.306 e. The van der Waals surface area contributed by atoms with Crippen LogP contribution in [-0.4, -0.2) is 27.5 Å². The van der Waals surface area contributed by atoms with Gasteiger partial charge in [0.25, 0.3) is 0 Å². The topological polar surface area (TPSA) is 64.3 Å². The molecule has 0 unspecified atom stereocenters. The zero-order chi connectivity index (χ0) is 11.5. The maximum atomic E-state index is 10.3. The number of hydrogen-bond acceptors (Lipinski definition) is 3. The fraction of sp³-hybridized carbons (Fsp3) is 0.600. The number of carboxylic acid groups (broad SMARTS) is 1. The average Bonchev–Trinajstić information content (AvgIpc) is 2.51. The minimum Gasteiger partial charge on any atom is -0.490 e. The molecule has 0 radical (unpaired) electrons. The molecule has 0 aliphatic heterocycles. The summed E-state index contributed by atoms with van der Waals surface area (Å²) in [5.41, 5.74) is -0.0889. The van der Waals surface area contributed by atoms with Crippen molar-refractivity contribution in [3.8, 4) is 5.75 Å². The summed E-state index contributed by atoms with van der Waals surface area (Å²) in [6, 6.07) is 0. The van der Waals surface area contributed by atoms with Gasteiger partial charge in [-0.3, -0.25) is 9.48 Å². The number of carbonyl (C=O) groups is 1. The molecule has 1 rings (SSSR count). The van der Waals surface area contributed by atoms with E-state index in [1.54, 1.807) is 17.1 Å². The molecule has 0 atom stereocenters. The summed E-state index contributed by atoms with van der Waals surface area (Å²) in [7, 11) is 0. The predicted molar refractivity (Wildman–Crippen MR) is 55.0 cm³/mol. The van der Waals surface area contributed by atoms with Crippen LogP contribution in [0.2, 0.25) is 0 Å². The Morgan fingerprint density at radius 1 is 1.60 bits per heavy atom. The molecule has 0 saturated carbocycles. The molecule has 1 aromatic heterocycles. The van der Waals surface area contributed by atoms with Crippen molar-refractivity contribution in [2.75, 3.05) is 6.61 Å². The van der Waals surface area contributed by atoms with Crippen LogP contribution in [0, 0.1) is 0 Å². The number of hydrogen-bond donors (Lipinski definition) is 1. The third-order valence-electron chi connectivity index (χ3n) is 1.83. The highest BCUT2D eigenvalue weighted by molar-refractivity contribution is 5.66. The van der Waals surface area contributed by atoms with E-state index < -0.39 is 5.97 Å². The third-order valence-corrected chi connectivity index (χ3v) is 1.83. The molecule has 5 nitrogen and oxygen atoms in total. The molecule has 84 valence electrons. The van der Waals surface area contributed by atoms with E-state index in [2.05, 4.69) is 5.10 Å². The van der Waals surface area contributed by atoms with Crippen LogP contribution in [0.3, 0.4) is 0 Å². The van der Waals surface area contributed by atoms with Crippen molar-refractivity contribution in [3.63, 3.8) is 0 Å². The van der Waals surface area contributed by atoms with Crippen molar-refractivity contribution < 1.29 is 14.6 Å². The Kier molecular flexibility index (Phi) is 3.34. The van der Waals surface area contributed by atoms with Gasteiger partial charge in [-0.05, 0) is 20.8 Å². The summed E-state index contributed by atoms with van der Waals surface area (Å²) in [5.74, 6) is -0.260. The van der Waals surface area contributed by atoms with Gasteiger partial charge in [0.2, 0.25) is 0 Å². The minimum absolute atomic E-state index is 0.000692. The highest BCUT2D eigenvalue weighted by atomic mass is 16.5. The molecule has 0 bridgehead atoms. The number of rotatable bonds is 4. The number of carboxylic acids is 1. The predicted octanol–water partition coefficient (Wildman–Crippen LogP) is 1.49. The molecule has 15 heavy (non-hydrogen) atoms. The lowest BCUT2D eigenvalue weighted by Crippen LogP contribution is -2.21. The van der Waals surface area contributed by atoms with Crippen LogP contribution < -0.4 is 4.74 Å². The van der Waals surface area contributed by atoms with E-state index in [1.807, 2.05) is 20.8 Å². The zero-order valence-corrected chi connectivity index (χ0v) is 9.23. The van der Waals surface area contributed by atoms with Crippen LogP contribution in [0.5, 0.6) is 5.75 Å². The molecule has 0 spiro atoms. The van der Waals surface area contributed by atoms with E-state index in [1.165, 1.54) is 0 Å². The number of nitrogens with zero attached hydrogens (tertiary/aromatic N) is 2. The Bertz CT molecular complexity index is 339. The largest absolute Gasteiger partial charge is 0.490 e. The molecule has 0 aliphatic rings. The molecule has 1 heterocycles. The highest BCUT2D eigenvalue weighted by Gasteiger charge is 2.14. The van der Waals surface area contributed by atoms with E-state index in [0.717, 1.165) is 0 Å². The highest BCUT2D eigenvalue weighted by Crippen LogP contribution is 2.17. The summed E-state index contributed by atoms with van der Waals surface area (Å²) in [4.78, 5) is 10.3. The van der Waals surface area contributed by atoms with Gasteiger partial charge in [-0.2, -0.15) is 5.10 Å². The van der Waals surface area contributed by atoms with Gasteiger partial charge in [-0.15, -0.1) is 0 Å². The normalized spacial score (nSPS) is 11.4. The van der Waals surface area contributed by atoms with Crippen LogP contribution in [0.25, 0.3) is 0 Å². The quantitative estimate of drug-likeness (QED) is 0.821. The Morgan fingerprint density at radius 3 is 2.73 bits per heavy atom. The van der Waals surface area contributed by atoms with Crippen LogP contribution in [-0.2, 0) is 10.3 Å².